The maximum atomic E-state index is 10.7. The molecule has 5 nitrogen and oxygen atoms in total. The molecule has 0 aliphatic carbocycles. The van der Waals surface area contributed by atoms with Crippen molar-refractivity contribution < 1.29 is 19.4 Å². The molecule has 0 aromatic rings. The van der Waals surface area contributed by atoms with Crippen LogP contribution in [0.25, 0.3) is 0 Å². The summed E-state index contributed by atoms with van der Waals surface area (Å²) >= 11 is 0. The van der Waals surface area contributed by atoms with Gasteiger partial charge in [-0.15, -0.1) is 0 Å². The van der Waals surface area contributed by atoms with E-state index in [0.717, 1.165) is 0 Å². The van der Waals surface area contributed by atoms with Gasteiger partial charge in [0.25, 0.3) is 0 Å². The topological polar surface area (TPSA) is 75.6 Å². The summed E-state index contributed by atoms with van der Waals surface area (Å²) in [6, 6.07) is 0. The Morgan fingerprint density at radius 3 is 2.42 bits per heavy atom. The standard InChI is InChI=1S/C7H11NO4/c1-5(9)8-7(2-6(10)11)3-12-4-7/h2-4H2,1H3,(H,8,9)(H,10,11). The van der Waals surface area contributed by atoms with E-state index >= 15 is 0 Å². The number of amides is 1. The zero-order valence-electron chi connectivity index (χ0n) is 6.79. The van der Waals surface area contributed by atoms with Crippen LogP contribution in [0.15, 0.2) is 0 Å². The summed E-state index contributed by atoms with van der Waals surface area (Å²) in [6.07, 6.45) is -0.0768. The molecule has 2 N–H and O–H groups in total. The molecule has 0 spiro atoms. The summed E-state index contributed by atoms with van der Waals surface area (Å²) in [5, 5.41) is 11.1. The van der Waals surface area contributed by atoms with Crippen LogP contribution >= 0.6 is 0 Å². The summed E-state index contributed by atoms with van der Waals surface area (Å²) in [5.41, 5.74) is -0.655. The highest BCUT2D eigenvalue weighted by molar-refractivity contribution is 5.76. The molecule has 1 rings (SSSR count). The van der Waals surface area contributed by atoms with Crippen molar-refractivity contribution in [3.05, 3.63) is 0 Å². The smallest absolute Gasteiger partial charge is 0.305 e. The number of carbonyl (C=O) groups is 2. The van der Waals surface area contributed by atoms with Crippen LogP contribution in [0.3, 0.4) is 0 Å². The minimum absolute atomic E-state index is 0.0768. The predicted octanol–water partition coefficient (Wildman–Crippen LogP) is -0.634. The molecule has 0 unspecified atom stereocenters. The van der Waals surface area contributed by atoms with Crippen LogP contribution in [0.4, 0.5) is 0 Å². The number of ether oxygens (including phenoxy) is 1. The first-order valence-corrected chi connectivity index (χ1v) is 3.62. The number of nitrogens with one attached hydrogen (secondary N) is 1. The van der Waals surface area contributed by atoms with Crippen molar-refractivity contribution in [2.45, 2.75) is 18.9 Å². The second-order valence-electron chi connectivity index (χ2n) is 3.02. The van der Waals surface area contributed by atoms with E-state index in [9.17, 15) is 9.59 Å². The van der Waals surface area contributed by atoms with E-state index in [-0.39, 0.29) is 12.3 Å². The minimum atomic E-state index is -0.924. The Morgan fingerprint density at radius 2 is 2.17 bits per heavy atom. The summed E-state index contributed by atoms with van der Waals surface area (Å²) in [4.78, 5) is 21.1. The molecule has 0 bridgehead atoms. The molecule has 1 saturated heterocycles. The molecular formula is C7H11NO4. The summed E-state index contributed by atoms with van der Waals surface area (Å²) < 4.78 is 4.86. The van der Waals surface area contributed by atoms with E-state index in [1.807, 2.05) is 0 Å². The largest absolute Gasteiger partial charge is 0.481 e. The zero-order chi connectivity index (χ0) is 9.19. The van der Waals surface area contributed by atoms with Gasteiger partial charge in [0.2, 0.25) is 5.91 Å². The molecule has 0 aromatic heterocycles. The van der Waals surface area contributed by atoms with Gasteiger partial charge < -0.3 is 15.2 Å². The van der Waals surface area contributed by atoms with Crippen LogP contribution in [0.2, 0.25) is 0 Å². The Labute approximate surface area is 69.7 Å². The van der Waals surface area contributed by atoms with Crippen molar-refractivity contribution in [1.29, 1.82) is 0 Å². The van der Waals surface area contributed by atoms with Crippen molar-refractivity contribution in [3.63, 3.8) is 0 Å². The van der Waals surface area contributed by atoms with Crippen LogP contribution in [-0.4, -0.2) is 35.7 Å². The van der Waals surface area contributed by atoms with E-state index in [0.29, 0.717) is 13.2 Å². The molecule has 68 valence electrons. The van der Waals surface area contributed by atoms with Gasteiger partial charge in [0.15, 0.2) is 0 Å². The lowest BCUT2D eigenvalue weighted by Crippen LogP contribution is -2.62. The number of rotatable bonds is 3. The first-order valence-electron chi connectivity index (χ1n) is 3.62. The normalized spacial score (nSPS) is 19.4. The molecule has 0 atom stereocenters. The first kappa shape index (κ1) is 8.99. The van der Waals surface area contributed by atoms with Gasteiger partial charge in [-0.1, -0.05) is 0 Å². The van der Waals surface area contributed by atoms with Crippen LogP contribution in [0.5, 0.6) is 0 Å². The third-order valence-corrected chi connectivity index (χ3v) is 1.69. The summed E-state index contributed by atoms with van der Waals surface area (Å²) in [7, 11) is 0. The van der Waals surface area contributed by atoms with Crippen LogP contribution in [-0.2, 0) is 14.3 Å². The van der Waals surface area contributed by atoms with Gasteiger partial charge in [-0.05, 0) is 0 Å². The Hall–Kier alpha value is -1.10. The van der Waals surface area contributed by atoms with E-state index in [1.165, 1.54) is 6.92 Å². The SMILES string of the molecule is CC(=O)NC1(CC(=O)O)COC1. The third kappa shape index (κ3) is 1.94. The highest BCUT2D eigenvalue weighted by Gasteiger charge is 2.41. The van der Waals surface area contributed by atoms with Gasteiger partial charge in [0.05, 0.1) is 25.2 Å². The second kappa shape index (κ2) is 3.10. The Balaban J connectivity index is 2.50. The number of carbonyl (C=O) groups excluding carboxylic acids is 1. The molecule has 0 saturated carbocycles. The number of aliphatic carboxylic acids is 1. The molecule has 1 fully saturated rings. The molecule has 1 aliphatic heterocycles. The second-order valence-corrected chi connectivity index (χ2v) is 3.02. The highest BCUT2D eigenvalue weighted by Crippen LogP contribution is 2.20. The summed E-state index contributed by atoms with van der Waals surface area (Å²) in [6.45, 7) is 1.94. The van der Waals surface area contributed by atoms with Crippen LogP contribution in [0.1, 0.15) is 13.3 Å². The lowest BCUT2D eigenvalue weighted by molar-refractivity contribution is -0.149. The van der Waals surface area contributed by atoms with Gasteiger partial charge in [0, 0.05) is 6.92 Å². The monoisotopic (exact) mass is 173 g/mol. The van der Waals surface area contributed by atoms with Crippen molar-refractivity contribution in [1.82, 2.24) is 5.32 Å². The fraction of sp³-hybridized carbons (Fsp3) is 0.714. The molecular weight excluding hydrogens is 162 g/mol. The van der Waals surface area contributed by atoms with Crippen molar-refractivity contribution >= 4 is 11.9 Å². The van der Waals surface area contributed by atoms with Crippen molar-refractivity contribution in [3.8, 4) is 0 Å². The Morgan fingerprint density at radius 1 is 1.58 bits per heavy atom. The number of hydrogen-bond acceptors (Lipinski definition) is 3. The Bertz CT molecular complexity index is 191. The number of carboxylic acids is 1. The van der Waals surface area contributed by atoms with E-state index < -0.39 is 11.5 Å². The Kier molecular flexibility index (Phi) is 2.32. The summed E-state index contributed by atoms with van der Waals surface area (Å²) in [5.74, 6) is -1.15. The van der Waals surface area contributed by atoms with Gasteiger partial charge in [-0.25, -0.2) is 0 Å². The van der Waals surface area contributed by atoms with Crippen LogP contribution in [0, 0.1) is 0 Å². The highest BCUT2D eigenvalue weighted by atomic mass is 16.5. The number of carboxylic acid groups (broad SMARTS) is 1. The maximum absolute atomic E-state index is 10.7. The molecule has 0 radical (unpaired) electrons. The van der Waals surface area contributed by atoms with Gasteiger partial charge >= 0.3 is 5.97 Å². The lowest BCUT2D eigenvalue weighted by Gasteiger charge is -2.40. The van der Waals surface area contributed by atoms with E-state index in [1.54, 1.807) is 0 Å². The minimum Gasteiger partial charge on any atom is -0.481 e. The third-order valence-electron chi connectivity index (χ3n) is 1.69. The quantitative estimate of drug-likeness (QED) is 0.595. The molecule has 1 aliphatic rings. The lowest BCUT2D eigenvalue weighted by atomic mass is 9.93. The fourth-order valence-corrected chi connectivity index (χ4v) is 1.23. The molecule has 1 heterocycles. The van der Waals surface area contributed by atoms with Gasteiger partial charge in [-0.2, -0.15) is 0 Å². The molecule has 12 heavy (non-hydrogen) atoms. The average molecular weight is 173 g/mol. The van der Waals surface area contributed by atoms with Gasteiger partial charge in [-0.3, -0.25) is 9.59 Å². The number of hydrogen-bond donors (Lipinski definition) is 2. The fourth-order valence-electron chi connectivity index (χ4n) is 1.23. The van der Waals surface area contributed by atoms with Crippen molar-refractivity contribution in [2.24, 2.45) is 0 Å². The van der Waals surface area contributed by atoms with Crippen LogP contribution < -0.4 is 5.32 Å². The van der Waals surface area contributed by atoms with E-state index in [2.05, 4.69) is 5.32 Å². The predicted molar refractivity (Wildman–Crippen MR) is 39.6 cm³/mol. The molecule has 1 amide bonds. The van der Waals surface area contributed by atoms with E-state index in [4.69, 9.17) is 9.84 Å². The van der Waals surface area contributed by atoms with Gasteiger partial charge in [0.1, 0.15) is 0 Å². The average Bonchev–Trinajstić information content (AvgIpc) is 1.80. The zero-order valence-corrected chi connectivity index (χ0v) is 6.79. The molecule has 0 aromatic carbocycles. The molecule has 5 heteroatoms. The van der Waals surface area contributed by atoms with Crippen molar-refractivity contribution in [2.75, 3.05) is 13.2 Å². The maximum Gasteiger partial charge on any atom is 0.305 e. The first-order chi connectivity index (χ1) is 5.54.